The lowest BCUT2D eigenvalue weighted by molar-refractivity contribution is -0.742. The van der Waals surface area contributed by atoms with E-state index in [1.165, 1.54) is 0 Å². The summed E-state index contributed by atoms with van der Waals surface area (Å²) in [6.07, 6.45) is 5.10. The van der Waals surface area contributed by atoms with E-state index in [9.17, 15) is 0 Å². The van der Waals surface area contributed by atoms with Gasteiger partial charge in [0, 0.05) is 33.9 Å². The lowest BCUT2D eigenvalue weighted by atomic mass is 10.1. The summed E-state index contributed by atoms with van der Waals surface area (Å²) >= 11 is 20.2. The molecule has 2 unspecified atom stereocenters. The maximum absolute atomic E-state index is 8.36. The minimum Gasteiger partial charge on any atom is -0.361 e. The molecule has 3 aromatic rings. The summed E-state index contributed by atoms with van der Waals surface area (Å²) in [6, 6.07) is 15.3. The molecule has 1 heterocycles. The van der Waals surface area contributed by atoms with Crippen molar-refractivity contribution in [2.45, 2.75) is 22.9 Å². The molecule has 160 valence electrons. The topological polar surface area (TPSA) is 90.4 Å². The van der Waals surface area contributed by atoms with Crippen LogP contribution in [0.1, 0.15) is 11.7 Å². The molecule has 1 aromatic heterocycles. The number of benzene rings is 2. The van der Waals surface area contributed by atoms with E-state index in [2.05, 4.69) is 4.98 Å². The molecular formula is C19H18Cl3N3O4S. The summed E-state index contributed by atoms with van der Waals surface area (Å²) < 4.78 is 8.07. The van der Waals surface area contributed by atoms with E-state index in [0.717, 1.165) is 15.5 Å². The zero-order valence-corrected chi connectivity index (χ0v) is 18.6. The van der Waals surface area contributed by atoms with Crippen LogP contribution in [-0.4, -0.2) is 31.2 Å². The third-order valence-corrected chi connectivity index (χ3v) is 5.49. The van der Waals surface area contributed by atoms with Crippen molar-refractivity contribution in [1.29, 1.82) is 0 Å². The Morgan fingerprint density at radius 1 is 1.13 bits per heavy atom. The monoisotopic (exact) mass is 489 g/mol. The summed E-state index contributed by atoms with van der Waals surface area (Å²) in [4.78, 5) is 13.5. The van der Waals surface area contributed by atoms with Crippen LogP contribution in [0, 0.1) is 10.1 Å². The predicted octanol–water partition coefficient (Wildman–Crippen LogP) is 5.96. The molecule has 0 amide bonds. The fraction of sp³-hybridized carbons (Fsp3) is 0.211. The Morgan fingerprint density at radius 2 is 1.70 bits per heavy atom. The Hall–Kier alpha value is -1.97. The molecule has 0 spiro atoms. The fourth-order valence-electron chi connectivity index (χ4n) is 2.46. The summed E-state index contributed by atoms with van der Waals surface area (Å²) in [5, 5.41) is 14.8. The summed E-state index contributed by atoms with van der Waals surface area (Å²) in [5.74, 6) is 0.474. The van der Waals surface area contributed by atoms with Crippen molar-refractivity contribution in [3.05, 3.63) is 93.0 Å². The van der Waals surface area contributed by atoms with Crippen molar-refractivity contribution < 1.29 is 15.0 Å². The van der Waals surface area contributed by atoms with Gasteiger partial charge in [0.1, 0.15) is 6.10 Å². The zero-order chi connectivity index (χ0) is 21.9. The molecule has 0 radical (unpaired) electrons. The van der Waals surface area contributed by atoms with Crippen molar-refractivity contribution in [3.63, 3.8) is 0 Å². The third-order valence-electron chi connectivity index (χ3n) is 3.76. The second kappa shape index (κ2) is 12.7. The van der Waals surface area contributed by atoms with Gasteiger partial charge in [0.05, 0.1) is 17.6 Å². The lowest BCUT2D eigenvalue weighted by Crippen LogP contribution is -2.21. The number of halogens is 3. The molecule has 1 N–H and O–H groups in total. The number of nitrogens with zero attached hydrogens (tertiary/aromatic N) is 3. The van der Waals surface area contributed by atoms with Crippen molar-refractivity contribution >= 4 is 46.6 Å². The van der Waals surface area contributed by atoms with Gasteiger partial charge in [0.2, 0.25) is 0 Å². The molecule has 0 aliphatic heterocycles. The maximum atomic E-state index is 8.36. The lowest BCUT2D eigenvalue weighted by Gasteiger charge is -2.23. The SMILES string of the molecule is Clc1ccc(SCOC(c2ccc(Cl)cc2)C(Cl)Cn2ccnc2)cc1.O=[N+]([O-])O. The van der Waals surface area contributed by atoms with Gasteiger partial charge < -0.3 is 14.5 Å². The van der Waals surface area contributed by atoms with Crippen LogP contribution in [0.5, 0.6) is 0 Å². The molecular weight excluding hydrogens is 473 g/mol. The average Bonchev–Trinajstić information content (AvgIpc) is 3.20. The van der Waals surface area contributed by atoms with Gasteiger partial charge in [-0.3, -0.25) is 0 Å². The van der Waals surface area contributed by atoms with E-state index >= 15 is 0 Å². The van der Waals surface area contributed by atoms with Gasteiger partial charge in [-0.1, -0.05) is 47.1 Å². The Kier molecular flexibility index (Phi) is 10.3. The quantitative estimate of drug-likeness (QED) is 0.138. The first-order chi connectivity index (χ1) is 14.3. The number of hydrogen-bond acceptors (Lipinski definition) is 5. The van der Waals surface area contributed by atoms with Gasteiger partial charge in [0.25, 0.3) is 5.09 Å². The summed E-state index contributed by atoms with van der Waals surface area (Å²) in [6.45, 7) is 0.598. The van der Waals surface area contributed by atoms with E-state index in [-0.39, 0.29) is 11.5 Å². The summed E-state index contributed by atoms with van der Waals surface area (Å²) in [5.41, 5.74) is 0.992. The van der Waals surface area contributed by atoms with Gasteiger partial charge in [-0.25, -0.2) is 4.98 Å². The first-order valence-electron chi connectivity index (χ1n) is 8.53. The molecule has 2 atom stereocenters. The standard InChI is InChI=1S/C19H17Cl3N2OS.HNO3/c20-15-3-1-14(2-4-15)19(18(22)11-24-10-9-23-12-24)25-13-26-17-7-5-16(21)6-8-17;2-1(3)4/h1-10,12,18-19H,11,13H2;(H,2,3,4). The summed E-state index contributed by atoms with van der Waals surface area (Å²) in [7, 11) is 0. The molecule has 30 heavy (non-hydrogen) atoms. The molecule has 0 aliphatic carbocycles. The second-order valence-electron chi connectivity index (χ2n) is 5.87. The minimum absolute atomic E-state index is 0.254. The van der Waals surface area contributed by atoms with Crippen LogP contribution in [-0.2, 0) is 11.3 Å². The van der Waals surface area contributed by atoms with Crippen LogP contribution >= 0.6 is 46.6 Å². The largest absolute Gasteiger partial charge is 0.361 e. The van der Waals surface area contributed by atoms with Gasteiger partial charge in [0.15, 0.2) is 0 Å². The number of hydrogen-bond donors (Lipinski definition) is 1. The normalized spacial score (nSPS) is 12.5. The molecule has 7 nitrogen and oxygen atoms in total. The molecule has 11 heteroatoms. The Balaban J connectivity index is 0.000000735. The Morgan fingerprint density at radius 3 is 2.23 bits per heavy atom. The van der Waals surface area contributed by atoms with E-state index in [4.69, 9.17) is 54.9 Å². The van der Waals surface area contributed by atoms with E-state index in [1.807, 2.05) is 59.3 Å². The fourth-order valence-corrected chi connectivity index (χ4v) is 3.77. The maximum Gasteiger partial charge on any atom is 0.291 e. The van der Waals surface area contributed by atoms with Crippen LogP contribution in [0.25, 0.3) is 0 Å². The second-order valence-corrected chi connectivity index (χ2v) is 8.30. The van der Waals surface area contributed by atoms with Crippen LogP contribution in [0.4, 0.5) is 0 Å². The van der Waals surface area contributed by atoms with Gasteiger partial charge in [-0.15, -0.1) is 21.7 Å². The van der Waals surface area contributed by atoms with E-state index < -0.39 is 5.09 Å². The number of aromatic nitrogens is 2. The highest BCUT2D eigenvalue weighted by Gasteiger charge is 2.23. The highest BCUT2D eigenvalue weighted by atomic mass is 35.5. The van der Waals surface area contributed by atoms with Crippen molar-refractivity contribution in [2.24, 2.45) is 0 Å². The van der Waals surface area contributed by atoms with Crippen LogP contribution in [0.2, 0.25) is 10.0 Å². The molecule has 0 saturated carbocycles. The van der Waals surface area contributed by atoms with Crippen molar-refractivity contribution in [2.75, 3.05) is 5.94 Å². The van der Waals surface area contributed by atoms with Crippen LogP contribution in [0.15, 0.2) is 72.1 Å². The Bertz CT molecular complexity index is 892. The molecule has 0 saturated heterocycles. The number of imidazole rings is 1. The highest BCUT2D eigenvalue weighted by Crippen LogP contribution is 2.30. The molecule has 0 aliphatic rings. The van der Waals surface area contributed by atoms with Gasteiger partial charge in [-0.05, 0) is 42.0 Å². The third kappa shape index (κ3) is 8.81. The average molecular weight is 491 g/mol. The minimum atomic E-state index is -1.50. The van der Waals surface area contributed by atoms with E-state index in [0.29, 0.717) is 17.5 Å². The number of alkyl halides is 1. The smallest absolute Gasteiger partial charge is 0.291 e. The van der Waals surface area contributed by atoms with Crippen LogP contribution in [0.3, 0.4) is 0 Å². The van der Waals surface area contributed by atoms with Crippen LogP contribution < -0.4 is 0 Å². The number of ether oxygens (including phenoxy) is 1. The zero-order valence-electron chi connectivity index (χ0n) is 15.5. The highest BCUT2D eigenvalue weighted by molar-refractivity contribution is 7.99. The van der Waals surface area contributed by atoms with E-state index in [1.54, 1.807) is 24.3 Å². The predicted molar refractivity (Wildman–Crippen MR) is 118 cm³/mol. The Labute approximate surface area is 192 Å². The van der Waals surface area contributed by atoms with Gasteiger partial charge >= 0.3 is 0 Å². The van der Waals surface area contributed by atoms with Gasteiger partial charge in [-0.2, -0.15) is 0 Å². The molecule has 0 bridgehead atoms. The first kappa shape index (κ1) is 24.3. The van der Waals surface area contributed by atoms with Crippen molar-refractivity contribution in [1.82, 2.24) is 9.55 Å². The van der Waals surface area contributed by atoms with Crippen molar-refractivity contribution in [3.8, 4) is 0 Å². The molecule has 0 fully saturated rings. The molecule has 3 rings (SSSR count). The first-order valence-corrected chi connectivity index (χ1v) is 10.7. The number of thioether (sulfide) groups is 1. The number of rotatable bonds is 8. The molecule has 2 aromatic carbocycles.